The molecule has 0 aliphatic rings. The quantitative estimate of drug-likeness (QED) is 0.623. The largest absolute Gasteiger partial charge is 0.477 e. The Balaban J connectivity index is 2.34. The monoisotopic (exact) mass is 336 g/mol. The molecule has 0 aliphatic carbocycles. The van der Waals surface area contributed by atoms with Crippen LogP contribution in [0.5, 0.6) is 0 Å². The molecular formula is C16H24N2O4Si. The number of carboxylic acid groups (broad SMARTS) is 1. The normalized spacial score (nSPS) is 12.0. The van der Waals surface area contributed by atoms with Crippen molar-refractivity contribution in [1.29, 1.82) is 0 Å². The molecule has 0 unspecified atom stereocenters. The number of hydrogen-bond acceptors (Lipinski definition) is 3. The summed E-state index contributed by atoms with van der Waals surface area (Å²) in [5.74, 6) is -1.06. The third-order valence-corrected chi connectivity index (χ3v) is 5.52. The maximum Gasteiger partial charge on any atom is 0.352 e. The van der Waals surface area contributed by atoms with Gasteiger partial charge in [0.05, 0.1) is 10.9 Å². The Bertz CT molecular complexity index is 771. The van der Waals surface area contributed by atoms with E-state index in [-0.39, 0.29) is 18.0 Å². The van der Waals surface area contributed by atoms with Crippen LogP contribution in [0.4, 0.5) is 0 Å². The summed E-state index contributed by atoms with van der Waals surface area (Å²) in [6, 6.07) is 4.22. The van der Waals surface area contributed by atoms with Crippen LogP contribution >= 0.6 is 0 Å². The third kappa shape index (κ3) is 3.91. The van der Waals surface area contributed by atoms with Gasteiger partial charge in [0.2, 0.25) is 0 Å². The molecule has 2 heterocycles. The number of rotatable bonds is 7. The lowest BCUT2D eigenvalue weighted by Crippen LogP contribution is -2.22. The van der Waals surface area contributed by atoms with E-state index >= 15 is 0 Å². The van der Waals surface area contributed by atoms with Crippen LogP contribution in [0.25, 0.3) is 10.9 Å². The zero-order chi connectivity index (χ0) is 17.2. The van der Waals surface area contributed by atoms with E-state index in [1.165, 1.54) is 6.07 Å². The summed E-state index contributed by atoms with van der Waals surface area (Å²) in [7, 11) is -1.19. The van der Waals surface area contributed by atoms with Crippen LogP contribution in [0.3, 0.4) is 0 Å². The van der Waals surface area contributed by atoms with Gasteiger partial charge in [0.1, 0.15) is 12.4 Å². The Morgan fingerprint density at radius 1 is 1.35 bits per heavy atom. The molecule has 2 aromatic heterocycles. The lowest BCUT2D eigenvalue weighted by molar-refractivity contribution is 0.0630. The number of nitrogens with zero attached hydrogens (tertiary/aromatic N) is 2. The molecule has 0 saturated carbocycles. The number of fused-ring (bicyclic) bond motifs is 1. The fraction of sp³-hybridized carbons (Fsp3) is 0.500. The molecule has 126 valence electrons. The fourth-order valence-electron chi connectivity index (χ4n) is 2.40. The molecule has 0 aromatic carbocycles. The molecule has 0 saturated heterocycles. The number of carboxylic acids is 1. The number of ether oxygens (including phenoxy) is 1. The van der Waals surface area contributed by atoms with Gasteiger partial charge in [-0.1, -0.05) is 19.6 Å². The number of carbonyl (C=O) groups is 1. The average molecular weight is 336 g/mol. The zero-order valence-corrected chi connectivity index (χ0v) is 15.1. The average Bonchev–Trinajstić information content (AvgIpc) is 2.83. The summed E-state index contributed by atoms with van der Waals surface area (Å²) in [6.45, 7) is 9.95. The topological polar surface area (TPSA) is 73.5 Å². The summed E-state index contributed by atoms with van der Waals surface area (Å²) < 4.78 is 8.79. The summed E-state index contributed by atoms with van der Waals surface area (Å²) >= 11 is 0. The van der Waals surface area contributed by atoms with Gasteiger partial charge in [-0.3, -0.25) is 4.79 Å². The Hall–Kier alpha value is -1.86. The molecule has 6 nitrogen and oxygen atoms in total. The Morgan fingerprint density at radius 3 is 2.61 bits per heavy atom. The first kappa shape index (κ1) is 17.5. The fourth-order valence-corrected chi connectivity index (χ4v) is 3.15. The highest BCUT2D eigenvalue weighted by Gasteiger charge is 2.18. The van der Waals surface area contributed by atoms with Crippen LogP contribution in [-0.4, -0.2) is 34.9 Å². The van der Waals surface area contributed by atoms with Crippen molar-refractivity contribution < 1.29 is 14.6 Å². The highest BCUT2D eigenvalue weighted by atomic mass is 28.3. The van der Waals surface area contributed by atoms with Gasteiger partial charge in [0.15, 0.2) is 0 Å². The highest BCUT2D eigenvalue weighted by molar-refractivity contribution is 6.76. The van der Waals surface area contributed by atoms with E-state index in [0.29, 0.717) is 24.1 Å². The molecule has 1 N–H and O–H groups in total. The van der Waals surface area contributed by atoms with E-state index in [2.05, 4.69) is 19.6 Å². The van der Waals surface area contributed by atoms with E-state index in [1.807, 2.05) is 6.92 Å². The van der Waals surface area contributed by atoms with E-state index in [0.717, 1.165) is 6.04 Å². The number of hydrogen-bond donors (Lipinski definition) is 1. The van der Waals surface area contributed by atoms with Gasteiger partial charge in [-0.2, -0.15) is 0 Å². The first-order chi connectivity index (χ1) is 10.7. The highest BCUT2D eigenvalue weighted by Crippen LogP contribution is 2.18. The minimum absolute atomic E-state index is 0.0824. The van der Waals surface area contributed by atoms with Crippen molar-refractivity contribution in [3.63, 3.8) is 0 Å². The van der Waals surface area contributed by atoms with Crippen molar-refractivity contribution in [2.24, 2.45) is 0 Å². The maximum absolute atomic E-state index is 12.3. The second-order valence-corrected chi connectivity index (χ2v) is 12.4. The predicted molar refractivity (Wildman–Crippen MR) is 92.9 cm³/mol. The maximum atomic E-state index is 12.3. The van der Waals surface area contributed by atoms with E-state index in [9.17, 15) is 14.7 Å². The molecule has 0 bridgehead atoms. The Labute approximate surface area is 136 Å². The van der Waals surface area contributed by atoms with Gasteiger partial charge >= 0.3 is 5.97 Å². The first-order valence-electron chi connectivity index (χ1n) is 7.78. The van der Waals surface area contributed by atoms with Crippen molar-refractivity contribution >= 4 is 24.9 Å². The molecule has 0 fully saturated rings. The predicted octanol–water partition coefficient (Wildman–Crippen LogP) is 2.83. The summed E-state index contributed by atoms with van der Waals surface area (Å²) in [6.07, 6.45) is 1.69. The van der Waals surface area contributed by atoms with E-state index in [4.69, 9.17) is 4.74 Å². The molecule has 0 atom stereocenters. The zero-order valence-electron chi connectivity index (χ0n) is 14.1. The van der Waals surface area contributed by atoms with Crippen LogP contribution in [0.1, 0.15) is 17.4 Å². The van der Waals surface area contributed by atoms with Crippen LogP contribution in [0.2, 0.25) is 25.7 Å². The number of pyridine rings is 1. The molecule has 2 rings (SSSR count). The molecular weight excluding hydrogens is 312 g/mol. The van der Waals surface area contributed by atoms with Crippen molar-refractivity contribution in [3.05, 3.63) is 34.4 Å². The van der Waals surface area contributed by atoms with Gasteiger partial charge in [-0.05, 0) is 25.1 Å². The lowest BCUT2D eigenvalue weighted by atomic mass is 10.3. The van der Waals surface area contributed by atoms with Crippen LogP contribution in [0.15, 0.2) is 23.1 Å². The van der Waals surface area contributed by atoms with Gasteiger partial charge in [0.25, 0.3) is 5.56 Å². The minimum atomic E-state index is -1.19. The van der Waals surface area contributed by atoms with Gasteiger partial charge in [-0.25, -0.2) is 4.79 Å². The second kappa shape index (κ2) is 6.72. The third-order valence-electron chi connectivity index (χ3n) is 3.82. The molecule has 23 heavy (non-hydrogen) atoms. The van der Waals surface area contributed by atoms with Crippen molar-refractivity contribution in [1.82, 2.24) is 9.13 Å². The SMILES string of the molecule is CCn1ccc2c(cc(C(=O)O)n2COCC[Si](C)(C)C)c1=O. The molecule has 0 amide bonds. The Kier molecular flexibility index (Phi) is 5.11. The first-order valence-corrected chi connectivity index (χ1v) is 11.5. The minimum Gasteiger partial charge on any atom is -0.477 e. The Morgan fingerprint density at radius 2 is 2.04 bits per heavy atom. The molecule has 7 heteroatoms. The molecule has 0 spiro atoms. The summed E-state index contributed by atoms with van der Waals surface area (Å²) in [4.78, 5) is 23.8. The van der Waals surface area contributed by atoms with E-state index in [1.54, 1.807) is 21.4 Å². The van der Waals surface area contributed by atoms with Crippen LogP contribution < -0.4 is 5.56 Å². The number of aromatic nitrogens is 2. The van der Waals surface area contributed by atoms with Gasteiger partial charge in [-0.15, -0.1) is 0 Å². The number of aromatic carboxylic acids is 1. The summed E-state index contributed by atoms with van der Waals surface area (Å²) in [5, 5.41) is 9.81. The molecule has 0 aliphatic heterocycles. The second-order valence-electron chi connectivity index (χ2n) is 6.82. The van der Waals surface area contributed by atoms with Crippen LogP contribution in [0, 0.1) is 0 Å². The van der Waals surface area contributed by atoms with Crippen molar-refractivity contribution in [2.75, 3.05) is 6.61 Å². The van der Waals surface area contributed by atoms with Crippen molar-refractivity contribution in [2.45, 2.75) is 45.9 Å². The standard InChI is InChI=1S/C16H24N2O4Si/c1-5-17-7-6-13-12(15(17)19)10-14(16(20)21)18(13)11-22-8-9-23(2,3)4/h6-7,10H,5,8-9,11H2,1-4H3,(H,20,21). The lowest BCUT2D eigenvalue weighted by Gasteiger charge is -2.16. The van der Waals surface area contributed by atoms with Crippen molar-refractivity contribution in [3.8, 4) is 0 Å². The molecule has 2 aromatic rings. The van der Waals surface area contributed by atoms with Crippen LogP contribution in [-0.2, 0) is 18.0 Å². The number of aryl methyl sites for hydroxylation is 1. The smallest absolute Gasteiger partial charge is 0.352 e. The molecule has 0 radical (unpaired) electrons. The summed E-state index contributed by atoms with van der Waals surface area (Å²) in [5.41, 5.74) is 0.511. The van der Waals surface area contributed by atoms with E-state index < -0.39 is 14.0 Å². The van der Waals surface area contributed by atoms with Gasteiger partial charge < -0.3 is 19.0 Å². The van der Waals surface area contributed by atoms with Gasteiger partial charge in [0, 0.05) is 27.4 Å².